The van der Waals surface area contributed by atoms with Crippen molar-refractivity contribution in [3.63, 3.8) is 0 Å². The molecule has 0 heterocycles. The van der Waals surface area contributed by atoms with Gasteiger partial charge in [-0.15, -0.1) is 0 Å². The fourth-order valence-electron chi connectivity index (χ4n) is 3.00. The molecule has 14 heavy (non-hydrogen) atoms. The van der Waals surface area contributed by atoms with Crippen molar-refractivity contribution in [3.8, 4) is 0 Å². The smallest absolute Gasteiger partial charge is 0.0693 e. The van der Waals surface area contributed by atoms with Gasteiger partial charge in [-0.3, -0.25) is 0 Å². The van der Waals surface area contributed by atoms with E-state index in [1.807, 2.05) is 0 Å². The molecule has 2 heteroatoms. The topological polar surface area (TPSA) is 32.3 Å². The number of nitrogens with one attached hydrogen (secondary N) is 1. The van der Waals surface area contributed by atoms with Crippen molar-refractivity contribution < 1.29 is 5.11 Å². The Kier molecular flexibility index (Phi) is 2.85. The highest BCUT2D eigenvalue weighted by Gasteiger charge is 2.38. The zero-order valence-corrected chi connectivity index (χ0v) is 9.42. The molecular formula is C12H23NO. The highest BCUT2D eigenvalue weighted by Crippen LogP contribution is 2.40. The van der Waals surface area contributed by atoms with Crippen LogP contribution in [-0.2, 0) is 0 Å². The third-order valence-corrected chi connectivity index (χ3v) is 3.78. The summed E-state index contributed by atoms with van der Waals surface area (Å²) in [6.07, 6.45) is 7.10. The van der Waals surface area contributed by atoms with E-state index in [1.54, 1.807) is 0 Å². The van der Waals surface area contributed by atoms with Gasteiger partial charge in [0.15, 0.2) is 0 Å². The van der Waals surface area contributed by atoms with Crippen molar-refractivity contribution in [3.05, 3.63) is 0 Å². The normalized spacial score (nSPS) is 37.9. The van der Waals surface area contributed by atoms with E-state index in [4.69, 9.17) is 0 Å². The van der Waals surface area contributed by atoms with Crippen LogP contribution in [0, 0.1) is 5.41 Å². The highest BCUT2D eigenvalue weighted by atomic mass is 16.3. The van der Waals surface area contributed by atoms with Crippen LogP contribution in [0.1, 0.15) is 52.4 Å². The van der Waals surface area contributed by atoms with Crippen LogP contribution >= 0.6 is 0 Å². The largest absolute Gasteiger partial charge is 0.392 e. The molecule has 0 saturated heterocycles. The Labute approximate surface area is 87.1 Å². The van der Waals surface area contributed by atoms with Crippen LogP contribution in [0.2, 0.25) is 0 Å². The van der Waals surface area contributed by atoms with Gasteiger partial charge in [0.1, 0.15) is 0 Å². The molecule has 2 aliphatic rings. The molecule has 0 bridgehead atoms. The molecule has 0 aliphatic heterocycles. The van der Waals surface area contributed by atoms with Crippen molar-refractivity contribution in [1.29, 1.82) is 0 Å². The Hall–Kier alpha value is -0.0800. The maximum absolute atomic E-state index is 9.81. The first-order valence-electron chi connectivity index (χ1n) is 6.01. The van der Waals surface area contributed by atoms with E-state index in [0.29, 0.717) is 17.5 Å². The predicted octanol–water partition coefficient (Wildman–Crippen LogP) is 2.07. The maximum Gasteiger partial charge on any atom is 0.0693 e. The molecule has 0 spiro atoms. The molecule has 2 rings (SSSR count). The Bertz CT molecular complexity index is 194. The monoisotopic (exact) mass is 197 g/mol. The van der Waals surface area contributed by atoms with E-state index in [2.05, 4.69) is 19.2 Å². The quantitative estimate of drug-likeness (QED) is 0.710. The van der Waals surface area contributed by atoms with E-state index < -0.39 is 0 Å². The Morgan fingerprint density at radius 3 is 2.36 bits per heavy atom. The fraction of sp³-hybridized carbons (Fsp3) is 1.00. The zero-order chi connectivity index (χ0) is 10.2. The summed E-state index contributed by atoms with van der Waals surface area (Å²) in [5, 5.41) is 13.4. The minimum atomic E-state index is -0.0903. The van der Waals surface area contributed by atoms with Crippen molar-refractivity contribution in [2.45, 2.75) is 70.6 Å². The fourth-order valence-corrected chi connectivity index (χ4v) is 3.00. The molecule has 2 nitrogen and oxygen atoms in total. The average Bonchev–Trinajstić information content (AvgIpc) is 2.05. The highest BCUT2D eigenvalue weighted by molar-refractivity contribution is 4.94. The van der Waals surface area contributed by atoms with Gasteiger partial charge in [0.2, 0.25) is 0 Å². The Balaban J connectivity index is 1.75. The van der Waals surface area contributed by atoms with Crippen LogP contribution in [0.5, 0.6) is 0 Å². The van der Waals surface area contributed by atoms with Crippen molar-refractivity contribution in [1.82, 2.24) is 5.32 Å². The molecule has 2 fully saturated rings. The van der Waals surface area contributed by atoms with Crippen LogP contribution in [0.3, 0.4) is 0 Å². The van der Waals surface area contributed by atoms with E-state index in [9.17, 15) is 5.11 Å². The van der Waals surface area contributed by atoms with Gasteiger partial charge >= 0.3 is 0 Å². The Morgan fingerprint density at radius 1 is 1.14 bits per heavy atom. The molecule has 2 atom stereocenters. The summed E-state index contributed by atoms with van der Waals surface area (Å²) in [4.78, 5) is 0. The van der Waals surface area contributed by atoms with Gasteiger partial charge in [0, 0.05) is 12.1 Å². The molecule has 0 radical (unpaired) electrons. The van der Waals surface area contributed by atoms with Gasteiger partial charge in [0.05, 0.1) is 6.10 Å². The van der Waals surface area contributed by atoms with Crippen LogP contribution in [0.15, 0.2) is 0 Å². The minimum Gasteiger partial charge on any atom is -0.392 e. The zero-order valence-electron chi connectivity index (χ0n) is 9.42. The molecule has 0 aromatic heterocycles. The first-order chi connectivity index (χ1) is 6.57. The van der Waals surface area contributed by atoms with Gasteiger partial charge in [-0.2, -0.15) is 0 Å². The predicted molar refractivity (Wildman–Crippen MR) is 58.2 cm³/mol. The van der Waals surface area contributed by atoms with Crippen molar-refractivity contribution >= 4 is 0 Å². The lowest BCUT2D eigenvalue weighted by Crippen LogP contribution is -2.53. The van der Waals surface area contributed by atoms with Crippen LogP contribution in [0.4, 0.5) is 0 Å². The second kappa shape index (κ2) is 3.82. The molecule has 0 aromatic rings. The average molecular weight is 197 g/mol. The second-order valence-electron chi connectivity index (χ2n) is 5.89. The van der Waals surface area contributed by atoms with Crippen LogP contribution in [-0.4, -0.2) is 23.3 Å². The number of aliphatic hydroxyl groups excluding tert-OH is 1. The molecule has 2 N–H and O–H groups in total. The first-order valence-corrected chi connectivity index (χ1v) is 6.01. The van der Waals surface area contributed by atoms with E-state index >= 15 is 0 Å². The molecule has 82 valence electrons. The molecule has 0 unspecified atom stereocenters. The SMILES string of the molecule is CC1(C)CC(N[C@H]2CCCC[C@H]2O)C1. The standard InChI is InChI=1S/C12H23NO/c1-12(2)7-9(8-12)13-10-5-3-4-6-11(10)14/h9-11,13-14H,3-8H2,1-2H3/t10-,11+/m0/s1. The Morgan fingerprint density at radius 2 is 1.79 bits per heavy atom. The maximum atomic E-state index is 9.81. The lowest BCUT2D eigenvalue weighted by molar-refractivity contribution is 0.0506. The van der Waals surface area contributed by atoms with E-state index in [0.717, 1.165) is 12.8 Å². The summed E-state index contributed by atoms with van der Waals surface area (Å²) in [6.45, 7) is 4.64. The molecule has 0 amide bonds. The van der Waals surface area contributed by atoms with Crippen molar-refractivity contribution in [2.24, 2.45) is 5.41 Å². The number of rotatable bonds is 2. The summed E-state index contributed by atoms with van der Waals surface area (Å²) in [7, 11) is 0. The minimum absolute atomic E-state index is 0.0903. The van der Waals surface area contributed by atoms with Gasteiger partial charge in [-0.05, 0) is 31.1 Å². The summed E-state index contributed by atoms with van der Waals surface area (Å²) in [5.74, 6) is 0. The molecule has 0 aromatic carbocycles. The first kappa shape index (κ1) is 10.4. The molecular weight excluding hydrogens is 174 g/mol. The second-order valence-corrected chi connectivity index (χ2v) is 5.89. The summed E-state index contributed by atoms with van der Waals surface area (Å²) >= 11 is 0. The summed E-state index contributed by atoms with van der Waals surface area (Å²) in [6, 6.07) is 1.05. The number of hydrogen-bond donors (Lipinski definition) is 2. The van der Waals surface area contributed by atoms with Crippen molar-refractivity contribution in [2.75, 3.05) is 0 Å². The lowest BCUT2D eigenvalue weighted by Gasteiger charge is -2.46. The number of aliphatic hydroxyl groups is 1. The lowest BCUT2D eigenvalue weighted by atomic mass is 9.68. The summed E-state index contributed by atoms with van der Waals surface area (Å²) < 4.78 is 0. The van der Waals surface area contributed by atoms with E-state index in [-0.39, 0.29) is 6.10 Å². The van der Waals surface area contributed by atoms with Gasteiger partial charge < -0.3 is 10.4 Å². The summed E-state index contributed by atoms with van der Waals surface area (Å²) in [5.41, 5.74) is 0.539. The van der Waals surface area contributed by atoms with Crippen LogP contribution in [0.25, 0.3) is 0 Å². The number of hydrogen-bond acceptors (Lipinski definition) is 2. The third kappa shape index (κ3) is 2.29. The van der Waals surface area contributed by atoms with Gasteiger partial charge in [-0.25, -0.2) is 0 Å². The molecule has 2 saturated carbocycles. The van der Waals surface area contributed by atoms with Crippen LogP contribution < -0.4 is 5.32 Å². The van der Waals surface area contributed by atoms with E-state index in [1.165, 1.54) is 25.7 Å². The van der Waals surface area contributed by atoms with Gasteiger partial charge in [0.25, 0.3) is 0 Å². The third-order valence-electron chi connectivity index (χ3n) is 3.78. The van der Waals surface area contributed by atoms with Gasteiger partial charge in [-0.1, -0.05) is 26.7 Å². The molecule has 2 aliphatic carbocycles.